The number of hydrogen-bond donors (Lipinski definition) is 0. The summed E-state index contributed by atoms with van der Waals surface area (Å²) in [5, 5.41) is 0. The molecule has 0 saturated heterocycles. The Labute approximate surface area is 172 Å². The second kappa shape index (κ2) is 9.03. The van der Waals surface area contributed by atoms with Crippen LogP contribution in [0.4, 0.5) is 0 Å². The van der Waals surface area contributed by atoms with Gasteiger partial charge in [-0.25, -0.2) is 13.4 Å². The van der Waals surface area contributed by atoms with E-state index in [2.05, 4.69) is 4.98 Å². The SMILES string of the molecule is Cn1cnc(C(=O)CCC(=O)C(CC2CCCC2)c2ccc(S(C)(=O)=O)cc2)c1. The molecule has 1 aliphatic carbocycles. The third kappa shape index (κ3) is 5.63. The van der Waals surface area contributed by atoms with Gasteiger partial charge in [-0.05, 0) is 30.0 Å². The van der Waals surface area contributed by atoms with Gasteiger partial charge in [-0.2, -0.15) is 0 Å². The van der Waals surface area contributed by atoms with Crippen LogP contribution in [-0.2, 0) is 21.7 Å². The molecule has 1 aromatic heterocycles. The molecule has 6 nitrogen and oxygen atoms in total. The first kappa shape index (κ1) is 21.4. The lowest BCUT2D eigenvalue weighted by molar-refractivity contribution is -0.120. The highest BCUT2D eigenvalue weighted by Crippen LogP contribution is 2.35. The third-order valence-electron chi connectivity index (χ3n) is 5.73. The molecule has 0 radical (unpaired) electrons. The topological polar surface area (TPSA) is 86.1 Å². The molecule has 0 spiro atoms. The van der Waals surface area contributed by atoms with Crippen molar-refractivity contribution in [3.05, 3.63) is 48.0 Å². The Hall–Kier alpha value is -2.28. The molecule has 1 fully saturated rings. The standard InChI is InChI=1S/C22H28N2O4S/c1-24-14-20(23-15-24)22(26)12-11-21(25)19(13-16-5-3-4-6-16)17-7-9-18(10-8-17)29(2,27)28/h7-10,14-16,19H,3-6,11-13H2,1-2H3. The van der Waals surface area contributed by atoms with Crippen molar-refractivity contribution in [3.8, 4) is 0 Å². The Kier molecular flexibility index (Phi) is 6.67. The number of Topliss-reactive ketones (excluding diaryl/α,β-unsaturated/α-hetero) is 2. The largest absolute Gasteiger partial charge is 0.340 e. The fourth-order valence-corrected chi connectivity index (χ4v) is 4.71. The number of ketones is 2. The van der Waals surface area contributed by atoms with E-state index >= 15 is 0 Å². The molecule has 2 aromatic rings. The zero-order valence-corrected chi connectivity index (χ0v) is 17.8. The lowest BCUT2D eigenvalue weighted by Gasteiger charge is -2.20. The van der Waals surface area contributed by atoms with E-state index in [0.717, 1.165) is 24.8 Å². The van der Waals surface area contributed by atoms with E-state index in [9.17, 15) is 18.0 Å². The van der Waals surface area contributed by atoms with Gasteiger partial charge in [0.2, 0.25) is 0 Å². The number of rotatable bonds is 9. The quantitative estimate of drug-likeness (QED) is 0.582. The van der Waals surface area contributed by atoms with Gasteiger partial charge in [0.1, 0.15) is 11.5 Å². The van der Waals surface area contributed by atoms with Crippen LogP contribution in [0.2, 0.25) is 0 Å². The fourth-order valence-electron chi connectivity index (χ4n) is 4.08. The monoisotopic (exact) mass is 416 g/mol. The van der Waals surface area contributed by atoms with Gasteiger partial charge in [-0.1, -0.05) is 37.8 Å². The molecule has 0 bridgehead atoms. The number of benzene rings is 1. The predicted octanol–water partition coefficient (Wildman–Crippen LogP) is 3.72. The summed E-state index contributed by atoms with van der Waals surface area (Å²) < 4.78 is 25.2. The van der Waals surface area contributed by atoms with Crippen molar-refractivity contribution in [3.63, 3.8) is 0 Å². The van der Waals surface area contributed by atoms with Gasteiger partial charge in [0.25, 0.3) is 0 Å². The lowest BCUT2D eigenvalue weighted by Crippen LogP contribution is -2.17. The minimum atomic E-state index is -3.28. The number of imidazole rings is 1. The number of aromatic nitrogens is 2. The van der Waals surface area contributed by atoms with Crippen molar-refractivity contribution < 1.29 is 18.0 Å². The highest BCUT2D eigenvalue weighted by molar-refractivity contribution is 7.90. The van der Waals surface area contributed by atoms with Crippen LogP contribution >= 0.6 is 0 Å². The second-order valence-corrected chi connectivity index (χ2v) is 10.1. The fraction of sp³-hybridized carbons (Fsp3) is 0.500. The molecule has 1 unspecified atom stereocenters. The smallest absolute Gasteiger partial charge is 0.183 e. The summed E-state index contributed by atoms with van der Waals surface area (Å²) in [7, 11) is -1.48. The second-order valence-electron chi connectivity index (χ2n) is 8.09. The zero-order chi connectivity index (χ0) is 21.0. The molecule has 7 heteroatoms. The Morgan fingerprint density at radius 1 is 1.14 bits per heavy atom. The van der Waals surface area contributed by atoms with Crippen molar-refractivity contribution >= 4 is 21.4 Å². The predicted molar refractivity (Wildman–Crippen MR) is 111 cm³/mol. The Morgan fingerprint density at radius 2 is 1.79 bits per heavy atom. The molecular formula is C22H28N2O4S. The van der Waals surface area contributed by atoms with Gasteiger partial charge in [0.15, 0.2) is 15.6 Å². The zero-order valence-electron chi connectivity index (χ0n) is 17.0. The van der Waals surface area contributed by atoms with Gasteiger partial charge < -0.3 is 4.57 Å². The summed E-state index contributed by atoms with van der Waals surface area (Å²) in [5.74, 6) is 0.104. The molecule has 0 aliphatic heterocycles. The van der Waals surface area contributed by atoms with Crippen LogP contribution in [0, 0.1) is 5.92 Å². The number of sulfone groups is 1. The molecular weight excluding hydrogens is 388 g/mol. The number of carbonyl (C=O) groups excluding carboxylic acids is 2. The highest BCUT2D eigenvalue weighted by Gasteiger charge is 2.27. The van der Waals surface area contributed by atoms with Crippen LogP contribution in [0.1, 0.15) is 66.9 Å². The number of hydrogen-bond acceptors (Lipinski definition) is 5. The van der Waals surface area contributed by atoms with Crippen LogP contribution in [0.15, 0.2) is 41.7 Å². The molecule has 0 N–H and O–H groups in total. The third-order valence-corrected chi connectivity index (χ3v) is 6.86. The summed E-state index contributed by atoms with van der Waals surface area (Å²) >= 11 is 0. The molecule has 1 heterocycles. The number of carbonyl (C=O) groups is 2. The lowest BCUT2D eigenvalue weighted by atomic mass is 9.83. The van der Waals surface area contributed by atoms with E-state index in [4.69, 9.17) is 0 Å². The minimum absolute atomic E-state index is 0.0355. The molecule has 1 saturated carbocycles. The van der Waals surface area contributed by atoms with Gasteiger partial charge >= 0.3 is 0 Å². The maximum atomic E-state index is 13.1. The normalized spacial score (nSPS) is 16.1. The first-order valence-corrected chi connectivity index (χ1v) is 12.0. The Balaban J connectivity index is 1.73. The van der Waals surface area contributed by atoms with Crippen molar-refractivity contribution in [2.75, 3.05) is 6.26 Å². The first-order chi connectivity index (χ1) is 13.7. The van der Waals surface area contributed by atoms with Crippen molar-refractivity contribution in [1.82, 2.24) is 9.55 Å². The van der Waals surface area contributed by atoms with Crippen molar-refractivity contribution in [2.24, 2.45) is 13.0 Å². The molecule has 156 valence electrons. The van der Waals surface area contributed by atoms with Crippen LogP contribution in [0.25, 0.3) is 0 Å². The average molecular weight is 417 g/mol. The van der Waals surface area contributed by atoms with Crippen molar-refractivity contribution in [2.45, 2.75) is 55.8 Å². The summed E-state index contributed by atoms with van der Waals surface area (Å²) in [6, 6.07) is 6.63. The average Bonchev–Trinajstić information content (AvgIpc) is 3.35. The van der Waals surface area contributed by atoms with E-state index in [1.54, 1.807) is 48.4 Å². The van der Waals surface area contributed by atoms with Gasteiger partial charge in [-0.3, -0.25) is 9.59 Å². The van der Waals surface area contributed by atoms with Crippen LogP contribution < -0.4 is 0 Å². The maximum Gasteiger partial charge on any atom is 0.183 e. The minimum Gasteiger partial charge on any atom is -0.340 e. The molecule has 1 aliphatic rings. The highest BCUT2D eigenvalue weighted by atomic mass is 32.2. The van der Waals surface area contributed by atoms with E-state index < -0.39 is 9.84 Å². The van der Waals surface area contributed by atoms with Gasteiger partial charge in [0.05, 0.1) is 11.2 Å². The number of nitrogens with zero attached hydrogens (tertiary/aromatic N) is 2. The number of aryl methyl sites for hydroxylation is 1. The molecule has 3 rings (SSSR count). The maximum absolute atomic E-state index is 13.1. The summed E-state index contributed by atoms with van der Waals surface area (Å²) in [4.78, 5) is 29.7. The Bertz CT molecular complexity index is 970. The van der Waals surface area contributed by atoms with Crippen LogP contribution in [0.3, 0.4) is 0 Å². The molecule has 0 amide bonds. The van der Waals surface area contributed by atoms with Crippen LogP contribution in [-0.4, -0.2) is 35.8 Å². The molecule has 29 heavy (non-hydrogen) atoms. The van der Waals surface area contributed by atoms with E-state index in [-0.39, 0.29) is 35.2 Å². The summed E-state index contributed by atoms with van der Waals surface area (Å²) in [6.45, 7) is 0. The van der Waals surface area contributed by atoms with Gasteiger partial charge in [-0.15, -0.1) is 0 Å². The van der Waals surface area contributed by atoms with Crippen LogP contribution in [0.5, 0.6) is 0 Å². The summed E-state index contributed by atoms with van der Waals surface area (Å²) in [6.07, 6.45) is 10.1. The summed E-state index contributed by atoms with van der Waals surface area (Å²) in [5.41, 5.74) is 1.21. The Morgan fingerprint density at radius 3 is 2.34 bits per heavy atom. The van der Waals surface area contributed by atoms with Gasteiger partial charge in [0, 0.05) is 38.3 Å². The van der Waals surface area contributed by atoms with E-state index in [0.29, 0.717) is 11.6 Å². The molecule has 1 atom stereocenters. The van der Waals surface area contributed by atoms with E-state index in [1.165, 1.54) is 19.1 Å². The van der Waals surface area contributed by atoms with Crippen molar-refractivity contribution in [1.29, 1.82) is 0 Å². The first-order valence-electron chi connectivity index (χ1n) is 10.1. The molecule has 1 aromatic carbocycles. The van der Waals surface area contributed by atoms with E-state index in [1.807, 2.05) is 0 Å².